The Labute approximate surface area is 244 Å². The highest BCUT2D eigenvalue weighted by atomic mass is 19.4. The van der Waals surface area contributed by atoms with E-state index in [0.29, 0.717) is 34.2 Å². The number of hydrogen-bond donors (Lipinski definition) is 0. The SMILES string of the molecule is COc1ccc(-n2c(CCN(Cc3ccncc3)C(=O)Cc3ccc(C(F)(F)F)c(F)c3)nc3ccccc3c2=O)cc1. The molecule has 7 nitrogen and oxygen atoms in total. The van der Waals surface area contributed by atoms with Crippen molar-refractivity contribution in [2.24, 2.45) is 0 Å². The van der Waals surface area contributed by atoms with Crippen LogP contribution < -0.4 is 10.3 Å². The van der Waals surface area contributed by atoms with Crippen molar-refractivity contribution in [3.8, 4) is 11.4 Å². The van der Waals surface area contributed by atoms with Crippen molar-refractivity contribution in [3.63, 3.8) is 0 Å². The van der Waals surface area contributed by atoms with Crippen molar-refractivity contribution in [1.29, 1.82) is 0 Å². The van der Waals surface area contributed by atoms with E-state index in [9.17, 15) is 27.2 Å². The molecule has 2 aromatic heterocycles. The van der Waals surface area contributed by atoms with Crippen molar-refractivity contribution in [1.82, 2.24) is 19.4 Å². The van der Waals surface area contributed by atoms with Gasteiger partial charge in [-0.2, -0.15) is 13.2 Å². The predicted octanol–water partition coefficient (Wildman–Crippen LogP) is 5.76. The maximum atomic E-state index is 14.2. The van der Waals surface area contributed by atoms with E-state index in [0.717, 1.165) is 17.7 Å². The number of amides is 1. The molecule has 0 saturated heterocycles. The zero-order valence-electron chi connectivity index (χ0n) is 23.0. The number of aromatic nitrogens is 3. The number of carbonyl (C=O) groups excluding carboxylic acids is 1. The average molecular weight is 591 g/mol. The first-order valence-electron chi connectivity index (χ1n) is 13.3. The van der Waals surface area contributed by atoms with Gasteiger partial charge in [0.1, 0.15) is 17.4 Å². The van der Waals surface area contributed by atoms with Crippen LogP contribution >= 0.6 is 0 Å². The first-order chi connectivity index (χ1) is 20.6. The highest BCUT2D eigenvalue weighted by Crippen LogP contribution is 2.31. The Bertz CT molecular complexity index is 1810. The number of methoxy groups -OCH3 is 1. The molecule has 11 heteroatoms. The standard InChI is InChI=1S/C32H26F4N4O3/c1-43-24-9-7-23(8-10-24)40-29(38-28-5-3-2-4-25(28)31(40)42)14-17-39(20-21-12-15-37-16-13-21)30(41)19-22-6-11-26(27(33)18-22)32(34,35)36/h2-13,15-16,18H,14,17,19-20H2,1H3. The predicted molar refractivity (Wildman–Crippen MR) is 152 cm³/mol. The van der Waals surface area contributed by atoms with Gasteiger partial charge in [0, 0.05) is 31.9 Å². The summed E-state index contributed by atoms with van der Waals surface area (Å²) in [6, 6.07) is 19.8. The van der Waals surface area contributed by atoms with Crippen molar-refractivity contribution in [2.45, 2.75) is 25.6 Å². The monoisotopic (exact) mass is 590 g/mol. The van der Waals surface area contributed by atoms with Crippen LogP contribution in [0.2, 0.25) is 0 Å². The smallest absolute Gasteiger partial charge is 0.419 e. The third-order valence-corrected chi connectivity index (χ3v) is 6.95. The Morgan fingerprint density at radius 2 is 1.67 bits per heavy atom. The molecule has 5 aromatic rings. The molecule has 0 fully saturated rings. The topological polar surface area (TPSA) is 77.3 Å². The van der Waals surface area contributed by atoms with Crippen LogP contribution in [0.4, 0.5) is 17.6 Å². The van der Waals surface area contributed by atoms with Gasteiger partial charge in [0.2, 0.25) is 5.91 Å². The van der Waals surface area contributed by atoms with Crippen LogP contribution in [-0.2, 0) is 30.4 Å². The number of pyridine rings is 1. The molecular formula is C32H26F4N4O3. The lowest BCUT2D eigenvalue weighted by Gasteiger charge is -2.24. The number of nitrogens with zero attached hydrogens (tertiary/aromatic N) is 4. The van der Waals surface area contributed by atoms with Crippen LogP contribution in [0, 0.1) is 5.82 Å². The fraction of sp³-hybridized carbons (Fsp3) is 0.188. The van der Waals surface area contributed by atoms with Crippen molar-refractivity contribution in [3.05, 3.63) is 130 Å². The highest BCUT2D eigenvalue weighted by molar-refractivity contribution is 5.79. The van der Waals surface area contributed by atoms with E-state index in [1.165, 1.54) is 16.6 Å². The van der Waals surface area contributed by atoms with Gasteiger partial charge < -0.3 is 9.64 Å². The molecule has 0 bridgehead atoms. The van der Waals surface area contributed by atoms with Crippen LogP contribution in [0.1, 0.15) is 22.5 Å². The summed E-state index contributed by atoms with van der Waals surface area (Å²) in [6.45, 7) is 0.274. The number of benzene rings is 3. The summed E-state index contributed by atoms with van der Waals surface area (Å²) in [5, 5.41) is 0.427. The molecule has 0 aliphatic carbocycles. The summed E-state index contributed by atoms with van der Waals surface area (Å²) in [6.07, 6.45) is -1.83. The Morgan fingerprint density at radius 1 is 0.953 bits per heavy atom. The van der Waals surface area contributed by atoms with Crippen LogP contribution in [-0.4, -0.2) is 39.0 Å². The maximum absolute atomic E-state index is 14.2. The van der Waals surface area contributed by atoms with Crippen LogP contribution in [0.3, 0.4) is 0 Å². The minimum Gasteiger partial charge on any atom is -0.497 e. The summed E-state index contributed by atoms with van der Waals surface area (Å²) in [5.74, 6) is -0.861. The number of halogens is 4. The zero-order chi connectivity index (χ0) is 30.6. The minimum absolute atomic E-state index is 0.106. The molecule has 3 aromatic carbocycles. The number of alkyl halides is 3. The second kappa shape index (κ2) is 12.4. The molecule has 0 unspecified atom stereocenters. The molecule has 0 saturated carbocycles. The Hall–Kier alpha value is -5.06. The number of hydrogen-bond acceptors (Lipinski definition) is 5. The summed E-state index contributed by atoms with van der Waals surface area (Å²) in [5.41, 5.74) is 0.259. The average Bonchev–Trinajstić information content (AvgIpc) is 2.99. The molecule has 220 valence electrons. The number of para-hydroxylation sites is 1. The highest BCUT2D eigenvalue weighted by Gasteiger charge is 2.34. The molecule has 0 N–H and O–H groups in total. The number of ether oxygens (including phenoxy) is 1. The summed E-state index contributed by atoms with van der Waals surface area (Å²) in [7, 11) is 1.54. The van der Waals surface area contributed by atoms with E-state index in [1.807, 2.05) is 0 Å². The molecule has 5 rings (SSSR count). The van der Waals surface area contributed by atoms with E-state index in [2.05, 4.69) is 4.98 Å². The fourth-order valence-electron chi connectivity index (χ4n) is 4.76. The van der Waals surface area contributed by atoms with Gasteiger partial charge in [-0.3, -0.25) is 19.1 Å². The van der Waals surface area contributed by atoms with Gasteiger partial charge >= 0.3 is 6.18 Å². The van der Waals surface area contributed by atoms with E-state index in [1.54, 1.807) is 73.1 Å². The Balaban J connectivity index is 1.47. The van der Waals surface area contributed by atoms with E-state index in [4.69, 9.17) is 9.72 Å². The largest absolute Gasteiger partial charge is 0.497 e. The summed E-state index contributed by atoms with van der Waals surface area (Å²) >= 11 is 0. The van der Waals surface area contributed by atoms with Crippen LogP contribution in [0.15, 0.2) is 96.1 Å². The zero-order valence-corrected chi connectivity index (χ0v) is 23.0. The van der Waals surface area contributed by atoms with Gasteiger partial charge in [-0.05, 0) is 71.8 Å². The molecule has 1 amide bonds. The lowest BCUT2D eigenvalue weighted by atomic mass is 10.1. The molecule has 43 heavy (non-hydrogen) atoms. The maximum Gasteiger partial charge on any atom is 0.419 e. The number of carbonyl (C=O) groups is 1. The second-order valence-corrected chi connectivity index (χ2v) is 9.79. The molecular weight excluding hydrogens is 564 g/mol. The van der Waals surface area contributed by atoms with E-state index < -0.39 is 23.5 Å². The fourth-order valence-corrected chi connectivity index (χ4v) is 4.76. The summed E-state index contributed by atoms with van der Waals surface area (Å²) < 4.78 is 60.1. The van der Waals surface area contributed by atoms with Crippen LogP contribution in [0.25, 0.3) is 16.6 Å². The van der Waals surface area contributed by atoms with E-state index in [-0.39, 0.29) is 37.1 Å². The van der Waals surface area contributed by atoms with Crippen molar-refractivity contribution in [2.75, 3.05) is 13.7 Å². The van der Waals surface area contributed by atoms with E-state index >= 15 is 0 Å². The molecule has 0 atom stereocenters. The molecule has 2 heterocycles. The number of fused-ring (bicyclic) bond motifs is 1. The molecule has 0 radical (unpaired) electrons. The normalized spacial score (nSPS) is 11.5. The molecule has 0 aliphatic heterocycles. The van der Waals surface area contributed by atoms with Crippen molar-refractivity contribution < 1.29 is 27.1 Å². The van der Waals surface area contributed by atoms with Gasteiger partial charge in [0.25, 0.3) is 5.56 Å². The Morgan fingerprint density at radius 3 is 2.35 bits per heavy atom. The third kappa shape index (κ3) is 6.72. The quantitative estimate of drug-likeness (QED) is 0.204. The first-order valence-corrected chi connectivity index (χ1v) is 13.3. The van der Waals surface area contributed by atoms with Gasteiger partial charge in [-0.1, -0.05) is 18.2 Å². The van der Waals surface area contributed by atoms with Crippen molar-refractivity contribution >= 4 is 16.8 Å². The lowest BCUT2D eigenvalue weighted by Crippen LogP contribution is -2.35. The molecule has 0 aliphatic rings. The summed E-state index contributed by atoms with van der Waals surface area (Å²) in [4.78, 5) is 37.4. The second-order valence-electron chi connectivity index (χ2n) is 9.79. The minimum atomic E-state index is -4.84. The van der Waals surface area contributed by atoms with Crippen LogP contribution in [0.5, 0.6) is 5.75 Å². The molecule has 0 spiro atoms. The van der Waals surface area contributed by atoms with Gasteiger partial charge in [0.05, 0.1) is 35.7 Å². The van der Waals surface area contributed by atoms with Gasteiger partial charge in [-0.25, -0.2) is 9.37 Å². The number of rotatable bonds is 9. The van der Waals surface area contributed by atoms with Gasteiger partial charge in [0.15, 0.2) is 0 Å². The third-order valence-electron chi connectivity index (χ3n) is 6.95. The van der Waals surface area contributed by atoms with Gasteiger partial charge in [-0.15, -0.1) is 0 Å². The Kier molecular flexibility index (Phi) is 8.51. The first kappa shape index (κ1) is 29.4. The lowest BCUT2D eigenvalue weighted by molar-refractivity contribution is -0.140.